The zero-order valence-electron chi connectivity index (χ0n) is 18.4. The number of anilines is 1. The Morgan fingerprint density at radius 1 is 1.06 bits per heavy atom. The minimum absolute atomic E-state index is 0.235. The van der Waals surface area contributed by atoms with Crippen molar-refractivity contribution >= 4 is 11.6 Å². The summed E-state index contributed by atoms with van der Waals surface area (Å²) < 4.78 is 42.8. The van der Waals surface area contributed by atoms with Gasteiger partial charge in [0.2, 0.25) is 0 Å². The van der Waals surface area contributed by atoms with E-state index >= 15 is 0 Å². The Kier molecular flexibility index (Phi) is 5.47. The maximum absolute atomic E-state index is 13.1. The van der Waals surface area contributed by atoms with E-state index in [1.807, 2.05) is 30.5 Å². The number of aromatic nitrogens is 4. The van der Waals surface area contributed by atoms with Crippen LogP contribution >= 0.6 is 0 Å². The predicted octanol–water partition coefficient (Wildman–Crippen LogP) is 5.65. The molecule has 4 aromatic rings. The summed E-state index contributed by atoms with van der Waals surface area (Å²) in [7, 11) is 0. The summed E-state index contributed by atoms with van der Waals surface area (Å²) in [6.07, 6.45) is 2.18. The molecule has 0 saturated carbocycles. The van der Waals surface area contributed by atoms with Gasteiger partial charge in [0.25, 0.3) is 5.91 Å². The molecule has 0 atom stereocenters. The lowest BCUT2D eigenvalue weighted by Crippen LogP contribution is -2.13. The van der Waals surface area contributed by atoms with Crippen LogP contribution in [0.3, 0.4) is 0 Å². The minimum atomic E-state index is -4.46. The van der Waals surface area contributed by atoms with Gasteiger partial charge in [-0.15, -0.1) is 0 Å². The van der Waals surface area contributed by atoms with E-state index in [9.17, 15) is 18.0 Å². The van der Waals surface area contributed by atoms with Crippen molar-refractivity contribution in [3.8, 4) is 17.1 Å². The molecule has 1 N–H and O–H groups in total. The van der Waals surface area contributed by atoms with Crippen LogP contribution in [-0.2, 0) is 19.1 Å². The molecule has 3 heterocycles. The van der Waals surface area contributed by atoms with E-state index in [-0.39, 0.29) is 17.2 Å². The van der Waals surface area contributed by atoms with E-state index < -0.39 is 11.7 Å². The molecule has 6 nitrogen and oxygen atoms in total. The number of fused-ring (bicyclic) bond motifs is 1. The Balaban J connectivity index is 1.34. The lowest BCUT2D eigenvalue weighted by atomic mass is 10.1. The number of hydrogen-bond donors (Lipinski definition) is 1. The zero-order chi connectivity index (χ0) is 23.9. The van der Waals surface area contributed by atoms with Crippen molar-refractivity contribution in [3.05, 3.63) is 83.4 Å². The fourth-order valence-corrected chi connectivity index (χ4v) is 4.27. The summed E-state index contributed by atoms with van der Waals surface area (Å²) in [5.41, 5.74) is 3.00. The van der Waals surface area contributed by atoms with E-state index in [1.54, 1.807) is 6.92 Å². The molecule has 2 aromatic heterocycles. The second-order valence-corrected chi connectivity index (χ2v) is 8.32. The summed E-state index contributed by atoms with van der Waals surface area (Å²) in [6, 6.07) is 12.3. The van der Waals surface area contributed by atoms with Crippen molar-refractivity contribution in [1.82, 2.24) is 19.3 Å². The van der Waals surface area contributed by atoms with Gasteiger partial charge in [-0.1, -0.05) is 6.07 Å². The van der Waals surface area contributed by atoms with Crippen molar-refractivity contribution in [2.75, 3.05) is 5.32 Å². The molecule has 1 aliphatic heterocycles. The van der Waals surface area contributed by atoms with Crippen LogP contribution in [0.1, 0.15) is 40.2 Å². The van der Waals surface area contributed by atoms with Crippen LogP contribution in [0.4, 0.5) is 18.9 Å². The van der Waals surface area contributed by atoms with Crippen molar-refractivity contribution in [1.29, 1.82) is 0 Å². The average Bonchev–Trinajstić information content (AvgIpc) is 3.43. The fourth-order valence-electron chi connectivity index (χ4n) is 4.27. The van der Waals surface area contributed by atoms with Gasteiger partial charge in [-0.3, -0.25) is 4.79 Å². The number of carbonyl (C=O) groups is 1. The fraction of sp³-hybridized carbons (Fsp3) is 0.240. The Morgan fingerprint density at radius 2 is 1.85 bits per heavy atom. The summed E-state index contributed by atoms with van der Waals surface area (Å²) in [5.74, 6) is 0.535. The Hall–Kier alpha value is -3.88. The predicted molar refractivity (Wildman–Crippen MR) is 122 cm³/mol. The number of hydrogen-bond acceptors (Lipinski definition) is 3. The number of alkyl halides is 3. The third-order valence-corrected chi connectivity index (χ3v) is 6.08. The zero-order valence-corrected chi connectivity index (χ0v) is 18.4. The first-order valence-corrected chi connectivity index (χ1v) is 11.0. The highest BCUT2D eigenvalue weighted by Gasteiger charge is 2.30. The van der Waals surface area contributed by atoms with Crippen LogP contribution in [0.15, 0.2) is 60.9 Å². The van der Waals surface area contributed by atoms with Crippen LogP contribution in [-0.4, -0.2) is 25.2 Å². The highest BCUT2D eigenvalue weighted by atomic mass is 19.4. The smallest absolute Gasteiger partial charge is 0.328 e. The highest BCUT2D eigenvalue weighted by molar-refractivity contribution is 6.05. The van der Waals surface area contributed by atoms with Crippen LogP contribution in [0.2, 0.25) is 0 Å². The molecule has 0 saturated heterocycles. The third-order valence-electron chi connectivity index (χ3n) is 6.08. The van der Waals surface area contributed by atoms with Gasteiger partial charge >= 0.3 is 6.18 Å². The van der Waals surface area contributed by atoms with Crippen LogP contribution < -0.4 is 5.32 Å². The molecule has 0 unspecified atom stereocenters. The number of nitrogens with one attached hydrogen (secondary N) is 1. The van der Waals surface area contributed by atoms with E-state index in [2.05, 4.69) is 20.0 Å². The molecular weight excluding hydrogens is 443 g/mol. The molecule has 0 fully saturated rings. The van der Waals surface area contributed by atoms with Crippen molar-refractivity contribution in [2.24, 2.45) is 0 Å². The van der Waals surface area contributed by atoms with Gasteiger partial charge in [-0.25, -0.2) is 9.67 Å². The number of amides is 1. The number of nitrogens with zero attached hydrogens (tertiary/aromatic N) is 4. The van der Waals surface area contributed by atoms with Gasteiger partial charge in [-0.05, 0) is 68.7 Å². The molecule has 1 aliphatic rings. The van der Waals surface area contributed by atoms with Gasteiger partial charge in [0.05, 0.1) is 28.7 Å². The van der Waals surface area contributed by atoms with E-state index in [0.717, 1.165) is 42.9 Å². The molecule has 174 valence electrons. The first-order chi connectivity index (χ1) is 16.3. The Labute approximate surface area is 194 Å². The average molecular weight is 465 g/mol. The topological polar surface area (TPSA) is 64.7 Å². The highest BCUT2D eigenvalue weighted by Crippen LogP contribution is 2.31. The first-order valence-electron chi connectivity index (χ1n) is 11.0. The van der Waals surface area contributed by atoms with Crippen molar-refractivity contribution in [3.63, 3.8) is 0 Å². The Bertz CT molecular complexity index is 1350. The van der Waals surface area contributed by atoms with Gasteiger partial charge in [0.1, 0.15) is 5.82 Å². The molecule has 2 aromatic carbocycles. The summed E-state index contributed by atoms with van der Waals surface area (Å²) >= 11 is 0. The normalized spacial score (nSPS) is 13.5. The lowest BCUT2D eigenvalue weighted by molar-refractivity contribution is -0.137. The van der Waals surface area contributed by atoms with Gasteiger partial charge < -0.3 is 9.88 Å². The van der Waals surface area contributed by atoms with E-state index in [1.165, 1.54) is 35.1 Å². The van der Waals surface area contributed by atoms with E-state index in [0.29, 0.717) is 11.4 Å². The van der Waals surface area contributed by atoms with Crippen LogP contribution in [0, 0.1) is 6.92 Å². The number of carbonyl (C=O) groups excluding carboxylic acids is 1. The number of imidazole rings is 1. The standard InChI is InChI=1S/C25H22F3N5O/c1-16-22(15-30-33(16)20-7-4-5-18(13-20)25(26,27)28)24(34)31-19-10-8-17(9-11-19)23-29-14-21-6-2-3-12-32(21)23/h4-5,7-11,13-15H,2-3,6,12H2,1H3,(H,31,34). The lowest BCUT2D eigenvalue weighted by Gasteiger charge is -2.16. The maximum atomic E-state index is 13.1. The second-order valence-electron chi connectivity index (χ2n) is 8.32. The molecule has 34 heavy (non-hydrogen) atoms. The number of rotatable bonds is 4. The number of benzene rings is 2. The minimum Gasteiger partial charge on any atom is -0.328 e. The summed E-state index contributed by atoms with van der Waals surface area (Å²) in [5, 5.41) is 6.97. The van der Waals surface area contributed by atoms with Crippen molar-refractivity contribution in [2.45, 2.75) is 38.9 Å². The summed E-state index contributed by atoms with van der Waals surface area (Å²) in [6.45, 7) is 2.60. The molecule has 0 bridgehead atoms. The van der Waals surface area contributed by atoms with Crippen LogP contribution in [0.25, 0.3) is 17.1 Å². The molecule has 0 spiro atoms. The second kappa shape index (κ2) is 8.48. The SMILES string of the molecule is Cc1c(C(=O)Nc2ccc(-c3ncc4n3CCCC4)cc2)cnn1-c1cccc(C(F)(F)F)c1. The molecule has 1 amide bonds. The quantitative estimate of drug-likeness (QED) is 0.424. The van der Waals surface area contributed by atoms with Gasteiger partial charge in [-0.2, -0.15) is 18.3 Å². The molecule has 0 radical (unpaired) electrons. The largest absolute Gasteiger partial charge is 0.416 e. The van der Waals surface area contributed by atoms with Crippen molar-refractivity contribution < 1.29 is 18.0 Å². The maximum Gasteiger partial charge on any atom is 0.416 e. The number of aryl methyl sites for hydroxylation is 1. The molecular formula is C25H22F3N5O. The van der Waals surface area contributed by atoms with Gasteiger partial charge in [0, 0.05) is 29.7 Å². The first kappa shape index (κ1) is 21.9. The molecule has 0 aliphatic carbocycles. The molecule has 5 rings (SSSR count). The van der Waals surface area contributed by atoms with E-state index in [4.69, 9.17) is 0 Å². The number of halogens is 3. The third kappa shape index (κ3) is 4.09. The monoisotopic (exact) mass is 465 g/mol. The Morgan fingerprint density at radius 3 is 2.62 bits per heavy atom. The molecule has 9 heteroatoms. The summed E-state index contributed by atoms with van der Waals surface area (Å²) in [4.78, 5) is 17.4. The van der Waals surface area contributed by atoms with Crippen LogP contribution in [0.5, 0.6) is 0 Å². The van der Waals surface area contributed by atoms with Gasteiger partial charge in [0.15, 0.2) is 0 Å².